The maximum atomic E-state index is 12.7. The number of hydrogen-bond donors (Lipinski definition) is 1. The molecule has 0 aliphatic carbocycles. The third-order valence-electron chi connectivity index (χ3n) is 4.33. The third-order valence-corrected chi connectivity index (χ3v) is 6.46. The molecule has 0 amide bonds. The monoisotopic (exact) mass is 381 g/mol. The first kappa shape index (κ1) is 18.2. The van der Waals surface area contributed by atoms with Crippen molar-refractivity contribution in [1.29, 1.82) is 0 Å². The van der Waals surface area contributed by atoms with Crippen LogP contribution in [0.3, 0.4) is 0 Å². The third kappa shape index (κ3) is 4.73. The van der Waals surface area contributed by atoms with Crippen LogP contribution in [0.15, 0.2) is 59.5 Å². The molecule has 0 unspecified atom stereocenters. The number of rotatable bonds is 6. The summed E-state index contributed by atoms with van der Waals surface area (Å²) < 4.78 is 32.6. The van der Waals surface area contributed by atoms with E-state index in [1.165, 1.54) is 11.0 Å². The highest BCUT2D eigenvalue weighted by molar-refractivity contribution is 7.89. The molecular weight excluding hydrogens is 360 g/mol. The molecule has 0 aromatic heterocycles. The van der Waals surface area contributed by atoms with E-state index in [1.54, 1.807) is 22.5 Å². The molecule has 1 heterocycles. The quantitative estimate of drug-likeness (QED) is 0.820. The van der Waals surface area contributed by atoms with Gasteiger partial charge in [-0.25, -0.2) is 8.42 Å². The zero-order valence-electron chi connectivity index (χ0n) is 13.9. The molecule has 0 spiro atoms. The molecule has 1 aliphatic heterocycles. The van der Waals surface area contributed by atoms with Gasteiger partial charge in [-0.15, -0.1) is 0 Å². The van der Waals surface area contributed by atoms with Crippen LogP contribution in [0.1, 0.15) is 0 Å². The number of hydrogen-bond acceptors (Lipinski definition) is 3. The average Bonchev–Trinajstić information content (AvgIpc) is 2.63. The first-order chi connectivity index (χ1) is 12.1. The SMILES string of the molecule is O=S(=O)(c1cccc(Cl)c1)N1CC[NH+](CCOc2ccccc2)CC1. The normalized spacial score (nSPS) is 16.7. The molecule has 1 N–H and O–H groups in total. The van der Waals surface area contributed by atoms with Crippen LogP contribution in [-0.2, 0) is 10.0 Å². The summed E-state index contributed by atoms with van der Waals surface area (Å²) in [5.41, 5.74) is 0. The summed E-state index contributed by atoms with van der Waals surface area (Å²) in [7, 11) is -3.47. The van der Waals surface area contributed by atoms with Crippen molar-refractivity contribution in [3.05, 3.63) is 59.6 Å². The van der Waals surface area contributed by atoms with Gasteiger partial charge in [-0.1, -0.05) is 35.9 Å². The van der Waals surface area contributed by atoms with Crippen LogP contribution in [-0.4, -0.2) is 52.1 Å². The Labute approximate surface area is 153 Å². The van der Waals surface area contributed by atoms with Gasteiger partial charge in [0.05, 0.1) is 31.1 Å². The van der Waals surface area contributed by atoms with Crippen molar-refractivity contribution in [2.24, 2.45) is 0 Å². The number of nitrogens with zero attached hydrogens (tertiary/aromatic N) is 1. The number of halogens is 1. The van der Waals surface area contributed by atoms with Crippen molar-refractivity contribution in [2.75, 3.05) is 39.3 Å². The first-order valence-corrected chi connectivity index (χ1v) is 10.1. The minimum Gasteiger partial charge on any atom is -0.488 e. The van der Waals surface area contributed by atoms with E-state index in [-0.39, 0.29) is 4.90 Å². The van der Waals surface area contributed by atoms with Crippen LogP contribution < -0.4 is 9.64 Å². The lowest BCUT2D eigenvalue weighted by Gasteiger charge is -2.31. The van der Waals surface area contributed by atoms with Gasteiger partial charge in [0.1, 0.15) is 18.9 Å². The summed E-state index contributed by atoms with van der Waals surface area (Å²) in [4.78, 5) is 1.62. The van der Waals surface area contributed by atoms with Crippen LogP contribution in [0.4, 0.5) is 0 Å². The number of piperazine rings is 1. The van der Waals surface area contributed by atoms with E-state index in [1.807, 2.05) is 30.3 Å². The zero-order valence-corrected chi connectivity index (χ0v) is 15.5. The molecule has 7 heteroatoms. The molecule has 0 atom stereocenters. The van der Waals surface area contributed by atoms with E-state index in [0.29, 0.717) is 24.7 Å². The molecule has 5 nitrogen and oxygen atoms in total. The van der Waals surface area contributed by atoms with Crippen LogP contribution in [0.2, 0.25) is 5.02 Å². The van der Waals surface area contributed by atoms with Crippen LogP contribution >= 0.6 is 11.6 Å². The van der Waals surface area contributed by atoms with E-state index >= 15 is 0 Å². The standard InChI is InChI=1S/C18H21ClN2O3S/c19-16-5-4-8-18(15-16)25(22,23)21-11-9-20(10-12-21)13-14-24-17-6-2-1-3-7-17/h1-8,15H,9-14H2/p+1. The van der Waals surface area contributed by atoms with E-state index in [4.69, 9.17) is 16.3 Å². The first-order valence-electron chi connectivity index (χ1n) is 8.33. The second-order valence-corrected chi connectivity index (χ2v) is 8.40. The van der Waals surface area contributed by atoms with E-state index in [2.05, 4.69) is 0 Å². The predicted octanol–water partition coefficient (Wildman–Crippen LogP) is 1.31. The highest BCUT2D eigenvalue weighted by Crippen LogP contribution is 2.19. The summed E-state index contributed by atoms with van der Waals surface area (Å²) >= 11 is 5.92. The second-order valence-electron chi connectivity index (χ2n) is 6.02. The van der Waals surface area contributed by atoms with Crippen LogP contribution in [0.5, 0.6) is 5.75 Å². The molecule has 0 saturated carbocycles. The molecule has 3 rings (SSSR count). The maximum absolute atomic E-state index is 12.7. The van der Waals surface area contributed by atoms with E-state index in [0.717, 1.165) is 25.4 Å². The van der Waals surface area contributed by atoms with Crippen molar-refractivity contribution in [3.63, 3.8) is 0 Å². The van der Waals surface area contributed by atoms with E-state index < -0.39 is 10.0 Å². The molecule has 1 aliphatic rings. The summed E-state index contributed by atoms with van der Waals surface area (Å²) in [5, 5.41) is 0.434. The lowest BCUT2D eigenvalue weighted by molar-refractivity contribution is -0.903. The summed E-state index contributed by atoms with van der Waals surface area (Å²) in [6.45, 7) is 4.06. The largest absolute Gasteiger partial charge is 0.488 e. The highest BCUT2D eigenvalue weighted by Gasteiger charge is 2.30. The molecule has 0 radical (unpaired) electrons. The topological polar surface area (TPSA) is 51.0 Å². The Kier molecular flexibility index (Phi) is 5.96. The molecule has 25 heavy (non-hydrogen) atoms. The molecular formula is C18H22ClN2O3S+. The van der Waals surface area contributed by atoms with Crippen molar-refractivity contribution in [1.82, 2.24) is 4.31 Å². The van der Waals surface area contributed by atoms with Gasteiger partial charge in [-0.3, -0.25) is 0 Å². The predicted molar refractivity (Wildman–Crippen MR) is 97.7 cm³/mol. The molecule has 0 bridgehead atoms. The lowest BCUT2D eigenvalue weighted by Crippen LogP contribution is -3.15. The van der Waals surface area contributed by atoms with Gasteiger partial charge in [0.25, 0.3) is 0 Å². The maximum Gasteiger partial charge on any atom is 0.243 e. The number of sulfonamides is 1. The van der Waals surface area contributed by atoms with Crippen molar-refractivity contribution in [2.45, 2.75) is 4.90 Å². The van der Waals surface area contributed by atoms with E-state index in [9.17, 15) is 8.42 Å². The summed E-state index contributed by atoms with van der Waals surface area (Å²) in [5.74, 6) is 0.865. The smallest absolute Gasteiger partial charge is 0.243 e. The molecule has 1 fully saturated rings. The number of para-hydroxylation sites is 1. The summed E-state index contributed by atoms with van der Waals surface area (Å²) in [6, 6.07) is 16.2. The Morgan fingerprint density at radius 2 is 1.76 bits per heavy atom. The van der Waals surface area contributed by atoms with Gasteiger partial charge in [0.15, 0.2) is 0 Å². The Hall–Kier alpha value is -1.60. The molecule has 1 saturated heterocycles. The minimum atomic E-state index is -3.47. The lowest BCUT2D eigenvalue weighted by atomic mass is 10.3. The minimum absolute atomic E-state index is 0.260. The number of quaternary nitrogens is 1. The number of ether oxygens (including phenoxy) is 1. The Balaban J connectivity index is 1.50. The van der Waals surface area contributed by atoms with Crippen LogP contribution in [0, 0.1) is 0 Å². The van der Waals surface area contributed by atoms with Gasteiger partial charge in [0, 0.05) is 5.02 Å². The van der Waals surface area contributed by atoms with Gasteiger partial charge in [0.2, 0.25) is 10.0 Å². The highest BCUT2D eigenvalue weighted by atomic mass is 35.5. The van der Waals surface area contributed by atoms with Gasteiger partial charge in [-0.05, 0) is 30.3 Å². The Bertz CT molecular complexity index is 791. The number of benzene rings is 2. The molecule has 2 aromatic rings. The zero-order chi connectivity index (χ0) is 17.7. The molecule has 134 valence electrons. The van der Waals surface area contributed by atoms with Gasteiger partial charge >= 0.3 is 0 Å². The Morgan fingerprint density at radius 3 is 2.44 bits per heavy atom. The molecule has 2 aromatic carbocycles. The van der Waals surface area contributed by atoms with Gasteiger partial charge < -0.3 is 9.64 Å². The Morgan fingerprint density at radius 1 is 1.04 bits per heavy atom. The average molecular weight is 382 g/mol. The van der Waals surface area contributed by atoms with Crippen molar-refractivity contribution in [3.8, 4) is 5.75 Å². The fourth-order valence-electron chi connectivity index (χ4n) is 2.90. The van der Waals surface area contributed by atoms with Crippen molar-refractivity contribution < 1.29 is 18.1 Å². The van der Waals surface area contributed by atoms with Crippen molar-refractivity contribution >= 4 is 21.6 Å². The van der Waals surface area contributed by atoms with Gasteiger partial charge in [-0.2, -0.15) is 4.31 Å². The second kappa shape index (κ2) is 8.19. The number of nitrogens with one attached hydrogen (secondary N) is 1. The summed E-state index contributed by atoms with van der Waals surface area (Å²) in [6.07, 6.45) is 0. The fourth-order valence-corrected chi connectivity index (χ4v) is 4.64. The van der Waals surface area contributed by atoms with Crippen LogP contribution in [0.25, 0.3) is 0 Å². The fraction of sp³-hybridized carbons (Fsp3) is 0.333.